The van der Waals surface area contributed by atoms with Crippen molar-refractivity contribution in [3.8, 4) is 0 Å². The Labute approximate surface area is 113 Å². The van der Waals surface area contributed by atoms with Crippen molar-refractivity contribution in [2.75, 3.05) is 0 Å². The lowest BCUT2D eigenvalue weighted by molar-refractivity contribution is -0.147. The average molecular weight is 264 g/mol. The maximum Gasteiger partial charge on any atom is 0.338 e. The first kappa shape index (κ1) is 15.2. The summed E-state index contributed by atoms with van der Waals surface area (Å²) in [5.74, 6) is -0.710. The lowest BCUT2D eigenvalue weighted by Gasteiger charge is -2.27. The van der Waals surface area contributed by atoms with Crippen molar-refractivity contribution in [3.05, 3.63) is 35.9 Å². The van der Waals surface area contributed by atoms with Crippen LogP contribution in [0, 0.1) is 0 Å². The number of carbonyl (C=O) groups is 2. The van der Waals surface area contributed by atoms with Gasteiger partial charge in [0.25, 0.3) is 0 Å². The highest BCUT2D eigenvalue weighted by molar-refractivity contribution is 5.89. The fourth-order valence-electron chi connectivity index (χ4n) is 1.94. The highest BCUT2D eigenvalue weighted by atomic mass is 16.6. The third kappa shape index (κ3) is 5.55. The zero-order valence-electron chi connectivity index (χ0n) is 11.8. The molecule has 0 aromatic heterocycles. The van der Waals surface area contributed by atoms with E-state index >= 15 is 0 Å². The van der Waals surface area contributed by atoms with Gasteiger partial charge in [0.15, 0.2) is 0 Å². The Hall–Kier alpha value is -1.84. The number of benzene rings is 1. The van der Waals surface area contributed by atoms with Crippen LogP contribution in [-0.4, -0.2) is 23.6 Å². The minimum atomic E-state index is -0.693. The summed E-state index contributed by atoms with van der Waals surface area (Å²) in [7, 11) is 0. The minimum absolute atomic E-state index is 0.295. The maximum atomic E-state index is 11.9. The average Bonchev–Trinajstić information content (AvgIpc) is 2.27. The third-order valence-electron chi connectivity index (χ3n) is 2.52. The van der Waals surface area contributed by atoms with E-state index in [1.807, 2.05) is 6.07 Å². The van der Waals surface area contributed by atoms with Crippen LogP contribution in [0.2, 0.25) is 0 Å². The van der Waals surface area contributed by atoms with E-state index in [4.69, 9.17) is 9.47 Å². The van der Waals surface area contributed by atoms with Crippen molar-refractivity contribution in [1.82, 2.24) is 0 Å². The van der Waals surface area contributed by atoms with Crippen molar-refractivity contribution in [1.29, 1.82) is 0 Å². The molecule has 0 fully saturated rings. The maximum absolute atomic E-state index is 11.9. The molecular formula is C15H20O4. The first-order chi connectivity index (χ1) is 8.80. The predicted molar refractivity (Wildman–Crippen MR) is 71.8 cm³/mol. The molecule has 1 unspecified atom stereocenters. The standard InChI is InChI=1S/C15H20O4/c1-11(18-12(2)16)10-15(3,4)19-14(17)13-8-6-5-7-9-13/h5-9,11H,10H2,1-4H3. The van der Waals surface area contributed by atoms with Crippen LogP contribution < -0.4 is 0 Å². The summed E-state index contributed by atoms with van der Waals surface area (Å²) in [5.41, 5.74) is -0.183. The van der Waals surface area contributed by atoms with E-state index in [1.165, 1.54) is 6.92 Å². The second-order valence-corrected chi connectivity index (χ2v) is 5.14. The number of rotatable bonds is 5. The van der Waals surface area contributed by atoms with E-state index in [9.17, 15) is 9.59 Å². The lowest BCUT2D eigenvalue weighted by Crippen LogP contribution is -2.33. The zero-order valence-corrected chi connectivity index (χ0v) is 11.8. The van der Waals surface area contributed by atoms with Crippen molar-refractivity contribution in [3.63, 3.8) is 0 Å². The van der Waals surface area contributed by atoms with Crippen LogP contribution in [0.25, 0.3) is 0 Å². The summed E-state index contributed by atoms with van der Waals surface area (Å²) in [6, 6.07) is 8.81. The van der Waals surface area contributed by atoms with Crippen molar-refractivity contribution in [2.24, 2.45) is 0 Å². The van der Waals surface area contributed by atoms with Gasteiger partial charge >= 0.3 is 11.9 Å². The molecule has 0 aliphatic heterocycles. The molecule has 0 bridgehead atoms. The number of hydrogen-bond acceptors (Lipinski definition) is 4. The van der Waals surface area contributed by atoms with Crippen LogP contribution in [0.3, 0.4) is 0 Å². The highest BCUT2D eigenvalue weighted by Gasteiger charge is 2.27. The Morgan fingerprint density at radius 2 is 1.79 bits per heavy atom. The normalized spacial score (nSPS) is 12.6. The molecule has 1 aromatic carbocycles. The van der Waals surface area contributed by atoms with Crippen LogP contribution in [0.4, 0.5) is 0 Å². The molecule has 0 spiro atoms. The Bertz CT molecular complexity index is 437. The molecule has 1 aromatic rings. The van der Waals surface area contributed by atoms with Gasteiger partial charge in [0, 0.05) is 13.3 Å². The molecule has 104 valence electrons. The molecule has 0 N–H and O–H groups in total. The predicted octanol–water partition coefficient (Wildman–Crippen LogP) is 2.96. The van der Waals surface area contributed by atoms with Gasteiger partial charge < -0.3 is 9.47 Å². The Morgan fingerprint density at radius 1 is 1.21 bits per heavy atom. The smallest absolute Gasteiger partial charge is 0.338 e. The number of hydrogen-bond donors (Lipinski definition) is 0. The van der Waals surface area contributed by atoms with E-state index < -0.39 is 5.60 Å². The van der Waals surface area contributed by atoms with Gasteiger partial charge in [-0.3, -0.25) is 4.79 Å². The van der Waals surface area contributed by atoms with Gasteiger partial charge in [-0.1, -0.05) is 18.2 Å². The van der Waals surface area contributed by atoms with Crippen LogP contribution in [-0.2, 0) is 14.3 Å². The minimum Gasteiger partial charge on any atom is -0.463 e. The van der Waals surface area contributed by atoms with Crippen LogP contribution >= 0.6 is 0 Å². The Balaban J connectivity index is 2.59. The fourth-order valence-corrected chi connectivity index (χ4v) is 1.94. The van der Waals surface area contributed by atoms with Crippen molar-refractivity contribution < 1.29 is 19.1 Å². The molecule has 1 rings (SSSR count). The Kier molecular flexibility index (Phi) is 5.10. The molecule has 0 aliphatic rings. The summed E-state index contributed by atoms with van der Waals surface area (Å²) >= 11 is 0. The van der Waals surface area contributed by atoms with Crippen molar-refractivity contribution in [2.45, 2.75) is 45.8 Å². The van der Waals surface area contributed by atoms with Crippen LogP contribution in [0.1, 0.15) is 44.5 Å². The molecule has 4 heteroatoms. The van der Waals surface area contributed by atoms with E-state index in [0.29, 0.717) is 12.0 Å². The molecule has 0 saturated carbocycles. The second-order valence-electron chi connectivity index (χ2n) is 5.14. The molecule has 1 atom stereocenters. The van der Waals surface area contributed by atoms with E-state index in [1.54, 1.807) is 45.0 Å². The van der Waals surface area contributed by atoms with Gasteiger partial charge in [-0.2, -0.15) is 0 Å². The van der Waals surface area contributed by atoms with Gasteiger partial charge in [0.05, 0.1) is 5.56 Å². The summed E-state index contributed by atoms with van der Waals surface area (Å²) in [4.78, 5) is 22.8. The molecule has 0 aliphatic carbocycles. The summed E-state index contributed by atoms with van der Waals surface area (Å²) in [6.07, 6.45) is 0.154. The van der Waals surface area contributed by atoms with Gasteiger partial charge in [-0.25, -0.2) is 4.79 Å². The first-order valence-corrected chi connectivity index (χ1v) is 6.26. The van der Waals surface area contributed by atoms with E-state index in [2.05, 4.69) is 0 Å². The zero-order chi connectivity index (χ0) is 14.5. The van der Waals surface area contributed by atoms with Crippen molar-refractivity contribution >= 4 is 11.9 Å². The molecule has 0 amide bonds. The quantitative estimate of drug-likeness (QED) is 0.767. The van der Waals surface area contributed by atoms with Crippen LogP contribution in [0.5, 0.6) is 0 Å². The second kappa shape index (κ2) is 6.36. The highest BCUT2D eigenvalue weighted by Crippen LogP contribution is 2.20. The van der Waals surface area contributed by atoms with Gasteiger partial charge in [0.2, 0.25) is 0 Å². The first-order valence-electron chi connectivity index (χ1n) is 6.26. The molecule has 4 nitrogen and oxygen atoms in total. The third-order valence-corrected chi connectivity index (χ3v) is 2.52. The van der Waals surface area contributed by atoms with Gasteiger partial charge in [-0.05, 0) is 32.9 Å². The topological polar surface area (TPSA) is 52.6 Å². The molecule has 0 saturated heterocycles. The molecule has 19 heavy (non-hydrogen) atoms. The molecule has 0 radical (unpaired) electrons. The molecular weight excluding hydrogens is 244 g/mol. The Morgan fingerprint density at radius 3 is 2.32 bits per heavy atom. The van der Waals surface area contributed by atoms with E-state index in [-0.39, 0.29) is 18.0 Å². The number of carbonyl (C=O) groups excluding carboxylic acids is 2. The number of esters is 2. The summed E-state index contributed by atoms with van der Waals surface area (Å²) < 4.78 is 10.5. The van der Waals surface area contributed by atoms with Gasteiger partial charge in [0.1, 0.15) is 11.7 Å². The lowest BCUT2D eigenvalue weighted by atomic mass is 10.0. The van der Waals surface area contributed by atoms with Gasteiger partial charge in [-0.15, -0.1) is 0 Å². The van der Waals surface area contributed by atoms with E-state index in [0.717, 1.165) is 0 Å². The fraction of sp³-hybridized carbons (Fsp3) is 0.467. The number of ether oxygens (including phenoxy) is 2. The summed E-state index contributed by atoms with van der Waals surface area (Å²) in [5, 5.41) is 0. The molecule has 0 heterocycles. The monoisotopic (exact) mass is 264 g/mol. The SMILES string of the molecule is CC(=O)OC(C)CC(C)(C)OC(=O)c1ccccc1. The largest absolute Gasteiger partial charge is 0.463 e. The summed E-state index contributed by atoms with van der Waals surface area (Å²) in [6.45, 7) is 6.74. The van der Waals surface area contributed by atoms with Crippen LogP contribution in [0.15, 0.2) is 30.3 Å².